The molecule has 8 nitrogen and oxygen atoms in total. The van der Waals surface area contributed by atoms with Gasteiger partial charge in [-0.3, -0.25) is 0 Å². The van der Waals surface area contributed by atoms with E-state index in [0.29, 0.717) is 32.0 Å². The van der Waals surface area contributed by atoms with E-state index in [-0.39, 0.29) is 5.82 Å². The van der Waals surface area contributed by atoms with Crippen LogP contribution in [-0.2, 0) is 10.0 Å². The number of piperazine rings is 1. The monoisotopic (exact) mass is 286 g/mol. The molecule has 0 radical (unpaired) electrons. The highest BCUT2D eigenvalue weighted by molar-refractivity contribution is 7.88. The van der Waals surface area contributed by atoms with Crippen molar-refractivity contribution in [2.45, 2.75) is 0 Å². The van der Waals surface area contributed by atoms with Gasteiger partial charge in [0.15, 0.2) is 0 Å². The Morgan fingerprint density at radius 3 is 2.47 bits per heavy atom. The molecule has 0 unspecified atom stereocenters. The number of anilines is 1. The van der Waals surface area contributed by atoms with Gasteiger partial charge in [-0.2, -0.15) is 4.31 Å². The van der Waals surface area contributed by atoms with E-state index in [0.717, 1.165) is 0 Å². The third kappa shape index (κ3) is 3.18. The first kappa shape index (κ1) is 13.7. The van der Waals surface area contributed by atoms with Crippen molar-refractivity contribution in [3.63, 3.8) is 0 Å². The molecule has 19 heavy (non-hydrogen) atoms. The van der Waals surface area contributed by atoms with Crippen molar-refractivity contribution in [1.82, 2.24) is 14.3 Å². The van der Waals surface area contributed by atoms with Crippen molar-refractivity contribution < 1.29 is 18.3 Å². The molecule has 1 fully saturated rings. The zero-order valence-electron chi connectivity index (χ0n) is 10.4. The van der Waals surface area contributed by atoms with Crippen LogP contribution in [0.4, 0.5) is 5.82 Å². The summed E-state index contributed by atoms with van der Waals surface area (Å²) in [5.41, 5.74) is 0. The molecular formula is C10H14N4O4S. The lowest BCUT2D eigenvalue weighted by atomic mass is 10.3. The summed E-state index contributed by atoms with van der Waals surface area (Å²) < 4.78 is 24.1. The van der Waals surface area contributed by atoms with Gasteiger partial charge in [-0.1, -0.05) is 0 Å². The van der Waals surface area contributed by atoms with E-state index in [1.165, 1.54) is 16.8 Å². The summed E-state index contributed by atoms with van der Waals surface area (Å²) in [6.45, 7) is 1.68. The van der Waals surface area contributed by atoms with Crippen LogP contribution in [0.3, 0.4) is 0 Å². The van der Waals surface area contributed by atoms with Gasteiger partial charge in [0.25, 0.3) is 0 Å². The molecular weight excluding hydrogens is 272 g/mol. The highest BCUT2D eigenvalue weighted by Crippen LogP contribution is 2.14. The van der Waals surface area contributed by atoms with E-state index in [2.05, 4.69) is 9.97 Å². The van der Waals surface area contributed by atoms with E-state index < -0.39 is 16.0 Å². The number of carboxylic acids is 1. The SMILES string of the molecule is CS(=O)(=O)N1CCN(c2ccnc(C(=O)O)n2)CC1. The average molecular weight is 286 g/mol. The molecule has 1 aromatic heterocycles. The highest BCUT2D eigenvalue weighted by atomic mass is 32.2. The fourth-order valence-corrected chi connectivity index (χ4v) is 2.70. The predicted molar refractivity (Wildman–Crippen MR) is 67.6 cm³/mol. The average Bonchev–Trinajstić information content (AvgIpc) is 2.38. The third-order valence-corrected chi connectivity index (χ3v) is 4.17. The largest absolute Gasteiger partial charge is 0.475 e. The Morgan fingerprint density at radius 2 is 1.95 bits per heavy atom. The molecule has 1 N–H and O–H groups in total. The summed E-state index contributed by atoms with van der Waals surface area (Å²) in [4.78, 5) is 20.2. The normalized spacial score (nSPS) is 17.4. The lowest BCUT2D eigenvalue weighted by Gasteiger charge is -2.33. The molecule has 0 spiro atoms. The van der Waals surface area contributed by atoms with E-state index in [1.54, 1.807) is 6.07 Å². The van der Waals surface area contributed by atoms with Crippen LogP contribution in [0, 0.1) is 0 Å². The molecule has 1 aliphatic heterocycles. The fraction of sp³-hybridized carbons (Fsp3) is 0.500. The minimum absolute atomic E-state index is 0.261. The lowest BCUT2D eigenvalue weighted by molar-refractivity contribution is 0.0683. The summed E-state index contributed by atoms with van der Waals surface area (Å²) in [7, 11) is -3.17. The van der Waals surface area contributed by atoms with E-state index >= 15 is 0 Å². The van der Waals surface area contributed by atoms with Crippen molar-refractivity contribution >= 4 is 21.8 Å². The second-order valence-corrected chi connectivity index (χ2v) is 6.18. The van der Waals surface area contributed by atoms with E-state index in [9.17, 15) is 13.2 Å². The number of aromatic carboxylic acids is 1. The molecule has 0 saturated carbocycles. The standard InChI is InChI=1S/C10H14N4O4S/c1-19(17,18)14-6-4-13(5-7-14)8-2-3-11-9(12-8)10(15)16/h2-3H,4-7H2,1H3,(H,15,16). The maximum Gasteiger partial charge on any atom is 0.374 e. The third-order valence-electron chi connectivity index (χ3n) is 2.86. The Labute approximate surface area is 110 Å². The number of nitrogens with zero attached hydrogens (tertiary/aromatic N) is 4. The smallest absolute Gasteiger partial charge is 0.374 e. The minimum atomic E-state index is -3.17. The number of rotatable bonds is 3. The van der Waals surface area contributed by atoms with Gasteiger partial charge in [-0.25, -0.2) is 23.2 Å². The van der Waals surface area contributed by atoms with Crippen molar-refractivity contribution in [2.24, 2.45) is 0 Å². The number of hydrogen-bond acceptors (Lipinski definition) is 6. The van der Waals surface area contributed by atoms with Crippen LogP contribution in [-0.4, -0.2) is 66.2 Å². The molecule has 9 heteroatoms. The molecule has 0 atom stereocenters. The molecule has 0 amide bonds. The van der Waals surface area contributed by atoms with Crippen molar-refractivity contribution in [1.29, 1.82) is 0 Å². The minimum Gasteiger partial charge on any atom is -0.475 e. The van der Waals surface area contributed by atoms with Crippen LogP contribution in [0.25, 0.3) is 0 Å². The Morgan fingerprint density at radius 1 is 1.32 bits per heavy atom. The summed E-state index contributed by atoms with van der Waals surface area (Å²) >= 11 is 0. The second-order valence-electron chi connectivity index (χ2n) is 4.19. The Balaban J connectivity index is 2.10. The first-order valence-corrected chi connectivity index (χ1v) is 7.49. The van der Waals surface area contributed by atoms with Crippen LogP contribution < -0.4 is 4.90 Å². The van der Waals surface area contributed by atoms with Crippen LogP contribution in [0.5, 0.6) is 0 Å². The molecule has 104 valence electrons. The predicted octanol–water partition coefficient (Wildman–Crippen LogP) is -0.744. The number of hydrogen-bond donors (Lipinski definition) is 1. The van der Waals surface area contributed by atoms with Gasteiger partial charge in [0, 0.05) is 32.4 Å². The Bertz CT molecular complexity index is 581. The van der Waals surface area contributed by atoms with Gasteiger partial charge in [0.05, 0.1) is 6.26 Å². The van der Waals surface area contributed by atoms with Gasteiger partial charge < -0.3 is 10.0 Å². The molecule has 1 aliphatic rings. The summed E-state index contributed by atoms with van der Waals surface area (Å²) in [5, 5.41) is 8.83. The quantitative estimate of drug-likeness (QED) is 0.780. The van der Waals surface area contributed by atoms with Crippen LogP contribution in [0.15, 0.2) is 12.3 Å². The van der Waals surface area contributed by atoms with Gasteiger partial charge >= 0.3 is 5.97 Å². The number of sulfonamides is 1. The maximum atomic E-state index is 11.4. The molecule has 0 bridgehead atoms. The zero-order valence-corrected chi connectivity index (χ0v) is 11.2. The lowest BCUT2D eigenvalue weighted by Crippen LogP contribution is -2.48. The van der Waals surface area contributed by atoms with E-state index in [1.807, 2.05) is 4.90 Å². The highest BCUT2D eigenvalue weighted by Gasteiger charge is 2.24. The summed E-state index contributed by atoms with van der Waals surface area (Å²) in [5.74, 6) is -0.944. The first-order valence-electron chi connectivity index (χ1n) is 5.64. The van der Waals surface area contributed by atoms with Gasteiger partial charge in [-0.15, -0.1) is 0 Å². The Kier molecular flexibility index (Phi) is 3.67. The number of carbonyl (C=O) groups is 1. The number of carboxylic acid groups (broad SMARTS) is 1. The van der Waals surface area contributed by atoms with Crippen LogP contribution in [0.1, 0.15) is 10.6 Å². The van der Waals surface area contributed by atoms with E-state index in [4.69, 9.17) is 5.11 Å². The molecule has 2 rings (SSSR count). The van der Waals surface area contributed by atoms with Crippen molar-refractivity contribution in [3.05, 3.63) is 18.1 Å². The zero-order chi connectivity index (χ0) is 14.0. The first-order chi connectivity index (χ1) is 8.88. The van der Waals surface area contributed by atoms with Crippen molar-refractivity contribution in [3.8, 4) is 0 Å². The fourth-order valence-electron chi connectivity index (χ4n) is 1.88. The van der Waals surface area contributed by atoms with Crippen molar-refractivity contribution in [2.75, 3.05) is 37.3 Å². The maximum absolute atomic E-state index is 11.4. The van der Waals surface area contributed by atoms with Crippen LogP contribution >= 0.6 is 0 Å². The molecule has 0 aromatic carbocycles. The Hall–Kier alpha value is -1.74. The molecule has 1 saturated heterocycles. The second kappa shape index (κ2) is 5.10. The summed E-state index contributed by atoms with van der Waals surface area (Å²) in [6.07, 6.45) is 2.56. The van der Waals surface area contributed by atoms with Gasteiger partial charge in [0.2, 0.25) is 15.8 Å². The summed E-state index contributed by atoms with van der Waals surface area (Å²) in [6, 6.07) is 1.61. The van der Waals surface area contributed by atoms with Gasteiger partial charge in [0.1, 0.15) is 5.82 Å². The molecule has 1 aromatic rings. The number of aromatic nitrogens is 2. The van der Waals surface area contributed by atoms with Crippen LogP contribution in [0.2, 0.25) is 0 Å². The topological polar surface area (TPSA) is 104 Å². The van der Waals surface area contributed by atoms with Gasteiger partial charge in [-0.05, 0) is 6.07 Å². The molecule has 0 aliphatic carbocycles. The molecule has 2 heterocycles.